The summed E-state index contributed by atoms with van der Waals surface area (Å²) in [5, 5.41) is 12.8. The minimum Gasteiger partial charge on any atom is -0.872 e. The van der Waals surface area contributed by atoms with Crippen molar-refractivity contribution in [3.05, 3.63) is 46.7 Å². The molecule has 0 atom stereocenters. The number of hydrogen-bond acceptors (Lipinski definition) is 6. The number of hydrogen-bond donors (Lipinski definition) is 1. The molecule has 1 aliphatic rings. The fourth-order valence-electron chi connectivity index (χ4n) is 4.40. The van der Waals surface area contributed by atoms with E-state index in [1.807, 2.05) is 0 Å². The van der Waals surface area contributed by atoms with Gasteiger partial charge in [-0.3, -0.25) is 4.79 Å². The van der Waals surface area contributed by atoms with E-state index in [1.165, 1.54) is 18.1 Å². The Kier molecular flexibility index (Phi) is 8.10. The molecule has 7 heteroatoms. The highest BCUT2D eigenvalue weighted by molar-refractivity contribution is 6.15. The number of nitrogens with one attached hydrogen (secondary N) is 1. The number of carbonyl (C=O) groups excluding carboxylic acids is 1. The third-order valence-electron chi connectivity index (χ3n) is 5.74. The molecule has 3 rings (SSSR count). The van der Waals surface area contributed by atoms with Gasteiger partial charge in [-0.25, -0.2) is 0 Å². The molecule has 0 bridgehead atoms. The maximum atomic E-state index is 13.2. The Labute approximate surface area is 201 Å². The second-order valence-electron chi connectivity index (χ2n) is 9.43. The number of benzene rings is 2. The van der Waals surface area contributed by atoms with Crippen LogP contribution < -0.4 is 29.0 Å². The summed E-state index contributed by atoms with van der Waals surface area (Å²) in [5.41, 5.74) is 1.56. The maximum Gasteiger partial charge on any atom is 0.231 e. The van der Waals surface area contributed by atoms with Crippen molar-refractivity contribution in [2.75, 3.05) is 34.4 Å². The molecule has 1 aliphatic heterocycles. The molecule has 0 saturated carbocycles. The van der Waals surface area contributed by atoms with Crippen LogP contribution in [-0.2, 0) is 6.54 Å². The zero-order valence-electron chi connectivity index (χ0n) is 21.1. The summed E-state index contributed by atoms with van der Waals surface area (Å²) in [7, 11) is 4.62. The summed E-state index contributed by atoms with van der Waals surface area (Å²) in [4.78, 5) is 14.5. The molecule has 0 spiro atoms. The Morgan fingerprint density at radius 3 is 2.09 bits per heavy atom. The number of fused-ring (bicyclic) bond motifs is 1. The van der Waals surface area contributed by atoms with Crippen LogP contribution in [0.4, 0.5) is 0 Å². The van der Waals surface area contributed by atoms with Crippen molar-refractivity contribution in [1.82, 2.24) is 0 Å². The monoisotopic (exact) mass is 469 g/mol. The van der Waals surface area contributed by atoms with E-state index in [2.05, 4.69) is 27.7 Å². The van der Waals surface area contributed by atoms with Crippen molar-refractivity contribution in [3.8, 4) is 28.7 Å². The van der Waals surface area contributed by atoms with E-state index in [1.54, 1.807) is 38.5 Å². The van der Waals surface area contributed by atoms with Gasteiger partial charge in [-0.2, -0.15) is 0 Å². The lowest BCUT2D eigenvalue weighted by molar-refractivity contribution is -0.919. The summed E-state index contributed by atoms with van der Waals surface area (Å²) in [6, 6.07) is 6.44. The first kappa shape index (κ1) is 25.4. The van der Waals surface area contributed by atoms with Crippen LogP contribution in [0.25, 0.3) is 6.08 Å². The standard InChI is InChI=1S/C27H35NO6/c1-16(2)13-28(14-17(3)4)15-20-21(29)9-8-19-26(30)25(34-27(19)20)11-18-10-23(32-6)24(33-7)12-22(18)31-5/h8-12,16-17,29H,13-15H2,1-7H3. The lowest BCUT2D eigenvalue weighted by Crippen LogP contribution is -3.11. The van der Waals surface area contributed by atoms with Gasteiger partial charge in [-0.15, -0.1) is 0 Å². The number of quaternary nitrogens is 1. The molecular formula is C27H35NO6. The number of methoxy groups -OCH3 is 3. The van der Waals surface area contributed by atoms with Crippen molar-refractivity contribution in [2.24, 2.45) is 11.8 Å². The van der Waals surface area contributed by atoms with Gasteiger partial charge in [0.2, 0.25) is 5.78 Å². The molecule has 0 aromatic heterocycles. The minimum atomic E-state index is -0.262. The van der Waals surface area contributed by atoms with E-state index in [9.17, 15) is 9.90 Å². The van der Waals surface area contributed by atoms with Crippen LogP contribution in [0.2, 0.25) is 0 Å². The number of ether oxygens (including phenoxy) is 4. The molecule has 0 radical (unpaired) electrons. The summed E-state index contributed by atoms with van der Waals surface area (Å²) in [6.07, 6.45) is 1.62. The topological polar surface area (TPSA) is 81.5 Å². The third-order valence-corrected chi connectivity index (χ3v) is 5.74. The van der Waals surface area contributed by atoms with Crippen molar-refractivity contribution >= 4 is 11.9 Å². The largest absolute Gasteiger partial charge is 0.872 e. The minimum absolute atomic E-state index is 0.110. The van der Waals surface area contributed by atoms with Gasteiger partial charge in [0.25, 0.3) is 0 Å². The molecule has 7 nitrogen and oxygen atoms in total. The summed E-state index contributed by atoms with van der Waals surface area (Å²) in [5.74, 6) is 2.63. The Morgan fingerprint density at radius 2 is 1.53 bits per heavy atom. The molecule has 2 aromatic carbocycles. The lowest BCUT2D eigenvalue weighted by atomic mass is 10.0. The van der Waals surface area contributed by atoms with Gasteiger partial charge in [0, 0.05) is 29.0 Å². The second kappa shape index (κ2) is 10.8. The van der Waals surface area contributed by atoms with Crippen LogP contribution in [0.3, 0.4) is 0 Å². The Balaban J connectivity index is 2.00. The van der Waals surface area contributed by atoms with Crippen molar-refractivity contribution in [2.45, 2.75) is 34.2 Å². The second-order valence-corrected chi connectivity index (χ2v) is 9.43. The van der Waals surface area contributed by atoms with Crippen LogP contribution in [-0.4, -0.2) is 40.2 Å². The quantitative estimate of drug-likeness (QED) is 0.539. The zero-order chi connectivity index (χ0) is 25.0. The molecule has 1 N–H and O–H groups in total. The number of Topliss-reactive ketones (excluding diaryl/α,β-unsaturated/α-hetero) is 1. The van der Waals surface area contributed by atoms with E-state index >= 15 is 0 Å². The Bertz CT molecular complexity index is 1060. The van der Waals surface area contributed by atoms with Gasteiger partial charge in [0.15, 0.2) is 17.3 Å². The number of rotatable bonds is 10. The first-order valence-electron chi connectivity index (χ1n) is 11.6. The van der Waals surface area contributed by atoms with Gasteiger partial charge in [0.1, 0.15) is 18.0 Å². The highest BCUT2D eigenvalue weighted by atomic mass is 16.5. The average molecular weight is 470 g/mol. The van der Waals surface area contributed by atoms with Gasteiger partial charge in [-0.1, -0.05) is 39.5 Å². The van der Waals surface area contributed by atoms with Gasteiger partial charge in [0.05, 0.1) is 40.0 Å². The zero-order valence-corrected chi connectivity index (χ0v) is 21.1. The average Bonchev–Trinajstić information content (AvgIpc) is 3.09. The molecule has 0 unspecified atom stereocenters. The molecule has 1 heterocycles. The molecule has 0 fully saturated rings. The van der Waals surface area contributed by atoms with Crippen molar-refractivity contribution < 1.29 is 33.7 Å². The maximum absolute atomic E-state index is 13.2. The number of carbonyl (C=O) groups is 1. The normalized spacial score (nSPS) is 14.2. The van der Waals surface area contributed by atoms with Crippen molar-refractivity contribution in [3.63, 3.8) is 0 Å². The molecule has 34 heavy (non-hydrogen) atoms. The van der Waals surface area contributed by atoms with E-state index in [-0.39, 0.29) is 17.3 Å². The Hall–Kier alpha value is -3.19. The summed E-state index contributed by atoms with van der Waals surface area (Å²) in [6.45, 7) is 11.1. The SMILES string of the molecule is COc1cc(OC)c(OC)cc1C=C1Oc2c(ccc([O-])c2C[NH+](CC(C)C)CC(C)C)C1=O. The number of ketones is 1. The first-order valence-corrected chi connectivity index (χ1v) is 11.6. The van der Waals surface area contributed by atoms with Gasteiger partial charge >= 0.3 is 0 Å². The fourth-order valence-corrected chi connectivity index (χ4v) is 4.40. The van der Waals surface area contributed by atoms with Crippen LogP contribution in [0.1, 0.15) is 49.2 Å². The summed E-state index contributed by atoms with van der Waals surface area (Å²) >= 11 is 0. The highest BCUT2D eigenvalue weighted by Crippen LogP contribution is 2.40. The van der Waals surface area contributed by atoms with E-state index in [0.29, 0.717) is 58.1 Å². The lowest BCUT2D eigenvalue weighted by Gasteiger charge is -2.26. The van der Waals surface area contributed by atoms with Crippen LogP contribution in [0.15, 0.2) is 30.0 Å². The van der Waals surface area contributed by atoms with Gasteiger partial charge < -0.3 is 29.0 Å². The van der Waals surface area contributed by atoms with Crippen LogP contribution in [0.5, 0.6) is 28.7 Å². The molecule has 0 aliphatic carbocycles. The Morgan fingerprint density at radius 1 is 0.941 bits per heavy atom. The predicted molar refractivity (Wildman–Crippen MR) is 129 cm³/mol. The van der Waals surface area contributed by atoms with E-state index < -0.39 is 0 Å². The third kappa shape index (κ3) is 5.47. The number of allylic oxidation sites excluding steroid dienone is 1. The van der Waals surface area contributed by atoms with E-state index in [4.69, 9.17) is 18.9 Å². The van der Waals surface area contributed by atoms with Gasteiger partial charge in [-0.05, 0) is 18.2 Å². The van der Waals surface area contributed by atoms with Crippen LogP contribution in [0, 0.1) is 11.8 Å². The molecule has 0 amide bonds. The highest BCUT2D eigenvalue weighted by Gasteiger charge is 2.31. The smallest absolute Gasteiger partial charge is 0.231 e. The van der Waals surface area contributed by atoms with Crippen molar-refractivity contribution in [1.29, 1.82) is 0 Å². The predicted octanol–water partition coefficient (Wildman–Crippen LogP) is 3.10. The van der Waals surface area contributed by atoms with Crippen LogP contribution >= 0.6 is 0 Å². The first-order chi connectivity index (χ1) is 16.2. The molecule has 2 aromatic rings. The molecule has 0 saturated heterocycles. The van der Waals surface area contributed by atoms with E-state index in [0.717, 1.165) is 13.1 Å². The molecular weight excluding hydrogens is 434 g/mol. The molecule has 184 valence electrons. The fraction of sp³-hybridized carbons (Fsp3) is 0.444. The summed E-state index contributed by atoms with van der Waals surface area (Å²) < 4.78 is 22.3.